The number of carbonyl (C=O) groups is 6. The smallest absolute Gasteiger partial charge is 0.456 e. The molecule has 1 saturated heterocycles. The van der Waals surface area contributed by atoms with E-state index in [4.69, 9.17) is 33.2 Å². The third-order valence-electron chi connectivity index (χ3n) is 12.9. The van der Waals surface area contributed by atoms with Crippen molar-refractivity contribution in [3.8, 4) is 0 Å². The number of nitrogens with zero attached hydrogens (tertiary/aromatic N) is 1. The van der Waals surface area contributed by atoms with E-state index in [0.717, 1.165) is 6.92 Å². The number of alkyl carbamates (subject to hydrolysis) is 1. The molecule has 1 aromatic heterocycles. The normalized spacial score (nSPS) is 31.8. The first kappa shape index (κ1) is 47.1. The summed E-state index contributed by atoms with van der Waals surface area (Å²) in [5.74, 6) is -5.60. The lowest BCUT2D eigenvalue weighted by Gasteiger charge is -2.67. The Bertz CT molecular complexity index is 2140. The molecule has 2 bridgehead atoms. The van der Waals surface area contributed by atoms with Crippen LogP contribution in [-0.4, -0.2) is 123 Å². The van der Waals surface area contributed by atoms with Crippen molar-refractivity contribution in [3.63, 3.8) is 0 Å². The average Bonchev–Trinajstić information content (AvgIpc) is 3.20. The number of carbonyl (C=O) groups excluding carboxylic acids is 6. The van der Waals surface area contributed by atoms with E-state index >= 15 is 4.79 Å². The maximum atomic E-state index is 15.6. The summed E-state index contributed by atoms with van der Waals surface area (Å²) in [5.41, 5.74) is -8.76. The Kier molecular flexibility index (Phi) is 12.9. The van der Waals surface area contributed by atoms with Crippen molar-refractivity contribution in [3.05, 3.63) is 77.1 Å². The highest BCUT2D eigenvalue weighted by Crippen LogP contribution is 2.64. The lowest BCUT2D eigenvalue weighted by molar-refractivity contribution is -0.346. The van der Waals surface area contributed by atoms with Crippen LogP contribution in [-0.2, 0) is 47.5 Å². The number of pyridine rings is 1. The van der Waals surface area contributed by atoms with Gasteiger partial charge >= 0.3 is 30.2 Å². The minimum Gasteiger partial charge on any atom is -0.456 e. The number of benzene rings is 1. The largest absolute Gasteiger partial charge is 0.509 e. The summed E-state index contributed by atoms with van der Waals surface area (Å²) < 4.78 is 40.8. The fourth-order valence-corrected chi connectivity index (χ4v) is 9.80. The maximum Gasteiger partial charge on any atom is 0.509 e. The van der Waals surface area contributed by atoms with Crippen LogP contribution in [0.4, 0.5) is 9.59 Å². The van der Waals surface area contributed by atoms with Gasteiger partial charge in [-0.05, 0) is 82.5 Å². The van der Waals surface area contributed by atoms with Crippen molar-refractivity contribution in [1.29, 1.82) is 0 Å². The number of hydrogen-bond acceptors (Lipinski definition) is 17. The third-order valence-corrected chi connectivity index (χ3v) is 12.9. The highest BCUT2D eigenvalue weighted by atomic mass is 16.7. The lowest BCUT2D eigenvalue weighted by Crippen LogP contribution is -2.82. The van der Waals surface area contributed by atoms with Gasteiger partial charge in [-0.25, -0.2) is 19.2 Å². The van der Waals surface area contributed by atoms with Crippen LogP contribution in [0.1, 0.15) is 97.1 Å². The highest BCUT2D eigenvalue weighted by molar-refractivity contribution is 5.95. The summed E-state index contributed by atoms with van der Waals surface area (Å²) in [4.78, 5) is 87.5. The van der Waals surface area contributed by atoms with E-state index in [0.29, 0.717) is 0 Å². The first-order valence-electron chi connectivity index (χ1n) is 20.8. The van der Waals surface area contributed by atoms with Gasteiger partial charge in [0.15, 0.2) is 23.6 Å². The Morgan fingerprint density at radius 3 is 2.22 bits per heavy atom. The molecule has 11 atom stereocenters. The molecular weight excluding hydrogens is 824 g/mol. The van der Waals surface area contributed by atoms with Crippen LogP contribution in [0.25, 0.3) is 0 Å². The van der Waals surface area contributed by atoms with Gasteiger partial charge in [-0.2, -0.15) is 0 Å². The number of ether oxygens (including phenoxy) is 7. The number of aromatic nitrogens is 1. The number of aliphatic hydroxyl groups is 3. The number of hydrogen-bond donors (Lipinski definition) is 4. The van der Waals surface area contributed by atoms with Gasteiger partial charge in [0.05, 0.1) is 42.3 Å². The van der Waals surface area contributed by atoms with Crippen LogP contribution in [0.5, 0.6) is 0 Å². The van der Waals surface area contributed by atoms with Gasteiger partial charge in [-0.15, -0.1) is 0 Å². The number of amides is 1. The second-order valence-corrected chi connectivity index (χ2v) is 18.2. The van der Waals surface area contributed by atoms with Gasteiger partial charge < -0.3 is 53.8 Å². The van der Waals surface area contributed by atoms with Gasteiger partial charge in [0.25, 0.3) is 0 Å². The molecule has 2 saturated carbocycles. The van der Waals surface area contributed by atoms with E-state index in [1.54, 1.807) is 39.0 Å². The molecule has 4 aliphatic rings. The summed E-state index contributed by atoms with van der Waals surface area (Å²) in [7, 11) is 0. The van der Waals surface area contributed by atoms with Crippen molar-refractivity contribution in [2.75, 3.05) is 13.2 Å². The molecule has 6 rings (SSSR count). The number of esters is 3. The number of nitrogens with one attached hydrogen (secondary N) is 1. The van der Waals surface area contributed by atoms with E-state index in [1.165, 1.54) is 71.3 Å². The number of Topliss-reactive ketones (excluding diaryl/α,β-unsaturated/α-hetero) is 1. The molecular formula is C45H56N2O16. The van der Waals surface area contributed by atoms with Crippen LogP contribution in [0, 0.1) is 16.7 Å². The molecule has 18 nitrogen and oxygen atoms in total. The Balaban J connectivity index is 1.55. The summed E-state index contributed by atoms with van der Waals surface area (Å²) >= 11 is 0. The maximum absolute atomic E-state index is 15.6. The van der Waals surface area contributed by atoms with Gasteiger partial charge in [-0.1, -0.05) is 32.0 Å². The molecule has 2 unspecified atom stereocenters. The predicted octanol–water partition coefficient (Wildman–Crippen LogP) is 3.84. The average molecular weight is 881 g/mol. The topological polar surface area (TPSA) is 253 Å². The van der Waals surface area contributed by atoms with Gasteiger partial charge in [0, 0.05) is 37.6 Å². The summed E-state index contributed by atoms with van der Waals surface area (Å²) in [6, 6.07) is 9.22. The number of rotatable bonds is 10. The first-order chi connectivity index (χ1) is 29.4. The summed E-state index contributed by atoms with van der Waals surface area (Å²) in [6.45, 7) is 12.9. The molecule has 1 aliphatic heterocycles. The SMILES string of the molecule is CCOC(=O)O[C@H]1C(=O)[C@@]2(C)C(C(OC(=O)c3ccccc3)[C@]3(O)C[C@H](OC(=O)[C@H](O)[C@@H](NC(=O)OC(C)(C)C)c4ccncc4)C(C)=C1C3(C)C)[C@]1(OC(C)=O)CO[C@@H]1C[C@@H]2O. The van der Waals surface area contributed by atoms with Crippen LogP contribution < -0.4 is 5.32 Å². The van der Waals surface area contributed by atoms with E-state index in [9.17, 15) is 39.3 Å². The monoisotopic (exact) mass is 880 g/mol. The zero-order valence-corrected chi connectivity index (χ0v) is 36.7. The van der Waals surface area contributed by atoms with Crippen LogP contribution in [0.15, 0.2) is 66.0 Å². The van der Waals surface area contributed by atoms with Crippen molar-refractivity contribution < 1.29 is 77.2 Å². The lowest BCUT2D eigenvalue weighted by atomic mass is 9.44. The quantitative estimate of drug-likeness (QED) is 0.150. The molecule has 0 radical (unpaired) electrons. The van der Waals surface area contributed by atoms with Gasteiger partial charge in [0.2, 0.25) is 0 Å². The molecule has 63 heavy (non-hydrogen) atoms. The van der Waals surface area contributed by atoms with Gasteiger partial charge in [-0.3, -0.25) is 14.6 Å². The van der Waals surface area contributed by atoms with Crippen LogP contribution in [0.3, 0.4) is 0 Å². The summed E-state index contributed by atoms with van der Waals surface area (Å²) in [5, 5.41) is 40.0. The van der Waals surface area contributed by atoms with E-state index in [1.807, 2.05) is 0 Å². The number of fused-ring (bicyclic) bond motifs is 5. The van der Waals surface area contributed by atoms with Crippen molar-refractivity contribution in [2.45, 2.75) is 135 Å². The van der Waals surface area contributed by atoms with Crippen molar-refractivity contribution >= 4 is 35.9 Å². The van der Waals surface area contributed by atoms with E-state index in [-0.39, 0.29) is 41.9 Å². The summed E-state index contributed by atoms with van der Waals surface area (Å²) in [6.07, 6.45) is -10.5. The van der Waals surface area contributed by atoms with Crippen LogP contribution in [0.2, 0.25) is 0 Å². The molecule has 18 heteroatoms. The fourth-order valence-electron chi connectivity index (χ4n) is 9.80. The second-order valence-electron chi connectivity index (χ2n) is 18.2. The minimum atomic E-state index is -2.45. The molecule has 3 fully saturated rings. The molecule has 1 amide bonds. The Labute approximate surface area is 364 Å². The highest BCUT2D eigenvalue weighted by Gasteiger charge is 2.78. The standard InChI is InChI=1S/C45H56N2O16/c1-10-57-40(55)60-33-30-23(2)27(59-38(53)32(50)31(25-16-18-46-19-17-25)47-39(54)63-41(4,5)6)21-45(56,42(30,7)8)36(61-37(52)26-14-12-11-13-15-26)34-43(9,35(33)51)28(49)20-29-44(34,22-58-29)62-24(3)48/h11-19,27-29,31-34,36,49-50,56H,10,20-22H2,1-9H3,(H,47,54)/t27-,28-,29+,31-,32+,33+,34?,36?,43+,44-,45+/m0/s1. The van der Waals surface area contributed by atoms with E-state index in [2.05, 4.69) is 10.3 Å². The zero-order chi connectivity index (χ0) is 46.4. The van der Waals surface area contributed by atoms with Crippen molar-refractivity contribution in [1.82, 2.24) is 10.3 Å². The molecule has 1 aromatic carbocycles. The Morgan fingerprint density at radius 2 is 1.65 bits per heavy atom. The van der Waals surface area contributed by atoms with E-state index < -0.39 is 119 Å². The molecule has 2 aromatic rings. The molecule has 342 valence electrons. The third kappa shape index (κ3) is 8.41. The minimum absolute atomic E-state index is 0.0466. The second kappa shape index (κ2) is 17.3. The van der Waals surface area contributed by atoms with Crippen LogP contribution >= 0.6 is 0 Å². The molecule has 2 heterocycles. The predicted molar refractivity (Wildman–Crippen MR) is 217 cm³/mol. The van der Waals surface area contributed by atoms with Crippen molar-refractivity contribution in [2.24, 2.45) is 16.7 Å². The number of aliphatic hydroxyl groups excluding tert-OH is 2. The van der Waals surface area contributed by atoms with Gasteiger partial charge in [0.1, 0.15) is 29.5 Å². The Hall–Kier alpha value is -5.43. The molecule has 3 aliphatic carbocycles. The number of ketones is 1. The molecule has 4 N–H and O–H groups in total. The molecule has 0 spiro atoms. The zero-order valence-electron chi connectivity index (χ0n) is 36.7. The fraction of sp³-hybridized carbons (Fsp3) is 0.578. The Morgan fingerprint density at radius 1 is 1.00 bits per heavy atom. The first-order valence-corrected chi connectivity index (χ1v) is 20.8.